The molecule has 1 heterocycles. The number of imide groups is 1. The van der Waals surface area contributed by atoms with Crippen molar-refractivity contribution in [1.82, 2.24) is 15.1 Å². The van der Waals surface area contributed by atoms with Gasteiger partial charge in [-0.15, -0.1) is 0 Å². The highest BCUT2D eigenvalue weighted by molar-refractivity contribution is 6.22. The number of amides is 4. The number of ether oxygens (including phenoxy) is 1. The van der Waals surface area contributed by atoms with E-state index in [9.17, 15) is 24.0 Å². The van der Waals surface area contributed by atoms with Crippen LogP contribution in [0.4, 0.5) is 0 Å². The normalized spacial score (nSPS) is 13.9. The Morgan fingerprint density at radius 3 is 2.10 bits per heavy atom. The molecule has 9 nitrogen and oxygen atoms in total. The first-order chi connectivity index (χ1) is 13.6. The Morgan fingerprint density at radius 2 is 1.62 bits per heavy atom. The van der Waals surface area contributed by atoms with Gasteiger partial charge in [-0.25, -0.2) is 4.79 Å². The standard InChI is InChI=1S/C20H25N3O6/c1-12(2)9-15(20(28)29-11-16(24)21-10-17(25)22(3)4)23-18(26)13-7-5-6-8-14(13)19(23)27/h5-8,12,15H,9-11H2,1-4H3,(H,21,24)/t15-/m0/s1. The van der Waals surface area contributed by atoms with Gasteiger partial charge in [0.25, 0.3) is 17.7 Å². The Hall–Kier alpha value is -3.23. The molecule has 9 heteroatoms. The van der Waals surface area contributed by atoms with Crippen molar-refractivity contribution in [2.75, 3.05) is 27.2 Å². The first-order valence-electron chi connectivity index (χ1n) is 9.23. The van der Waals surface area contributed by atoms with Crippen molar-refractivity contribution in [3.63, 3.8) is 0 Å². The number of likely N-dealkylation sites (N-methyl/N-ethyl adjacent to an activating group) is 1. The van der Waals surface area contributed by atoms with Crippen molar-refractivity contribution in [1.29, 1.82) is 0 Å². The molecule has 1 aliphatic rings. The molecule has 0 saturated heterocycles. The molecule has 0 unspecified atom stereocenters. The van der Waals surface area contributed by atoms with Crippen LogP contribution in [0, 0.1) is 5.92 Å². The summed E-state index contributed by atoms with van der Waals surface area (Å²) in [7, 11) is 3.10. The van der Waals surface area contributed by atoms with Crippen LogP contribution < -0.4 is 5.32 Å². The molecule has 1 aliphatic heterocycles. The Bertz CT molecular complexity index is 798. The van der Waals surface area contributed by atoms with Crippen LogP contribution in [0.3, 0.4) is 0 Å². The van der Waals surface area contributed by atoms with Crippen LogP contribution in [0.15, 0.2) is 24.3 Å². The van der Waals surface area contributed by atoms with Crippen molar-refractivity contribution in [2.45, 2.75) is 26.3 Å². The number of esters is 1. The number of benzene rings is 1. The van der Waals surface area contributed by atoms with Gasteiger partial charge < -0.3 is 15.0 Å². The van der Waals surface area contributed by atoms with E-state index in [4.69, 9.17) is 4.74 Å². The van der Waals surface area contributed by atoms with Crippen LogP contribution >= 0.6 is 0 Å². The maximum absolute atomic E-state index is 12.7. The lowest BCUT2D eigenvalue weighted by molar-refractivity contribution is -0.153. The number of hydrogen-bond acceptors (Lipinski definition) is 6. The summed E-state index contributed by atoms with van der Waals surface area (Å²) in [6, 6.07) is 5.20. The van der Waals surface area contributed by atoms with Gasteiger partial charge in [-0.1, -0.05) is 26.0 Å². The summed E-state index contributed by atoms with van der Waals surface area (Å²) in [5, 5.41) is 2.35. The van der Waals surface area contributed by atoms with Crippen LogP contribution in [0.2, 0.25) is 0 Å². The van der Waals surface area contributed by atoms with Gasteiger partial charge in [0.15, 0.2) is 6.61 Å². The van der Waals surface area contributed by atoms with Crippen LogP contribution in [0.25, 0.3) is 0 Å². The molecule has 0 bridgehead atoms. The van der Waals surface area contributed by atoms with Gasteiger partial charge in [-0.05, 0) is 24.5 Å². The molecule has 0 fully saturated rings. The summed E-state index contributed by atoms with van der Waals surface area (Å²) in [6.07, 6.45) is 0.199. The zero-order valence-electron chi connectivity index (χ0n) is 16.9. The van der Waals surface area contributed by atoms with E-state index in [0.717, 1.165) is 4.90 Å². The van der Waals surface area contributed by atoms with E-state index in [1.165, 1.54) is 17.0 Å². The molecule has 1 N–H and O–H groups in total. The summed E-state index contributed by atoms with van der Waals surface area (Å²) in [5.41, 5.74) is 0.470. The molecule has 1 atom stereocenters. The summed E-state index contributed by atoms with van der Waals surface area (Å²) in [4.78, 5) is 63.6. The molecule has 29 heavy (non-hydrogen) atoms. The summed E-state index contributed by atoms with van der Waals surface area (Å²) < 4.78 is 5.05. The largest absolute Gasteiger partial charge is 0.454 e. The first kappa shape index (κ1) is 22.1. The molecule has 2 rings (SSSR count). The third-order valence-corrected chi connectivity index (χ3v) is 4.39. The van der Waals surface area contributed by atoms with E-state index < -0.39 is 36.3 Å². The fourth-order valence-corrected chi connectivity index (χ4v) is 2.86. The van der Waals surface area contributed by atoms with Crippen molar-refractivity contribution in [2.24, 2.45) is 5.92 Å². The number of rotatable bonds is 8. The Morgan fingerprint density at radius 1 is 1.07 bits per heavy atom. The van der Waals surface area contributed by atoms with E-state index in [1.54, 1.807) is 26.2 Å². The monoisotopic (exact) mass is 403 g/mol. The molecule has 0 aromatic heterocycles. The maximum atomic E-state index is 12.7. The van der Waals surface area contributed by atoms with Crippen LogP contribution in [-0.4, -0.2) is 72.7 Å². The quantitative estimate of drug-likeness (QED) is 0.498. The molecular weight excluding hydrogens is 378 g/mol. The van der Waals surface area contributed by atoms with Gasteiger partial charge in [-0.3, -0.25) is 24.1 Å². The minimum Gasteiger partial charge on any atom is -0.454 e. The highest BCUT2D eigenvalue weighted by Gasteiger charge is 2.43. The van der Waals surface area contributed by atoms with E-state index in [-0.39, 0.29) is 35.9 Å². The predicted molar refractivity (Wildman–Crippen MR) is 103 cm³/mol. The molecule has 156 valence electrons. The lowest BCUT2D eigenvalue weighted by Crippen LogP contribution is -2.47. The van der Waals surface area contributed by atoms with Crippen LogP contribution in [0.5, 0.6) is 0 Å². The molecular formula is C20H25N3O6. The Labute approximate surface area is 169 Å². The third-order valence-electron chi connectivity index (χ3n) is 4.39. The van der Waals surface area contributed by atoms with Crippen molar-refractivity contribution >= 4 is 29.6 Å². The van der Waals surface area contributed by atoms with Gasteiger partial charge in [0, 0.05) is 14.1 Å². The predicted octanol–water partition coefficient (Wildman–Crippen LogP) is 0.445. The van der Waals surface area contributed by atoms with E-state index in [2.05, 4.69) is 5.32 Å². The molecule has 0 saturated carbocycles. The Balaban J connectivity index is 2.06. The molecule has 1 aromatic carbocycles. The highest BCUT2D eigenvalue weighted by Crippen LogP contribution is 2.27. The van der Waals surface area contributed by atoms with E-state index in [0.29, 0.717) is 0 Å². The van der Waals surface area contributed by atoms with Gasteiger partial charge in [-0.2, -0.15) is 0 Å². The second-order valence-corrected chi connectivity index (χ2v) is 7.34. The molecule has 1 aromatic rings. The summed E-state index contributed by atoms with van der Waals surface area (Å²) in [6.45, 7) is 2.85. The van der Waals surface area contributed by atoms with Gasteiger partial charge in [0.1, 0.15) is 6.04 Å². The molecule has 0 spiro atoms. The van der Waals surface area contributed by atoms with Crippen molar-refractivity contribution < 1.29 is 28.7 Å². The lowest BCUT2D eigenvalue weighted by Gasteiger charge is -2.25. The fourth-order valence-electron chi connectivity index (χ4n) is 2.86. The van der Waals surface area contributed by atoms with Gasteiger partial charge in [0.05, 0.1) is 17.7 Å². The number of hydrogen-bond donors (Lipinski definition) is 1. The van der Waals surface area contributed by atoms with E-state index in [1.807, 2.05) is 13.8 Å². The SMILES string of the molecule is CC(C)C[C@@H](C(=O)OCC(=O)NCC(=O)N(C)C)N1C(=O)c2ccccc2C1=O. The maximum Gasteiger partial charge on any atom is 0.329 e. The van der Waals surface area contributed by atoms with Crippen LogP contribution in [0.1, 0.15) is 41.0 Å². The lowest BCUT2D eigenvalue weighted by atomic mass is 10.0. The van der Waals surface area contributed by atoms with Crippen molar-refractivity contribution in [3.05, 3.63) is 35.4 Å². The average Bonchev–Trinajstić information content (AvgIpc) is 2.93. The molecule has 0 aliphatic carbocycles. The smallest absolute Gasteiger partial charge is 0.329 e. The third kappa shape index (κ3) is 5.18. The minimum absolute atomic E-state index is 0.0107. The number of fused-ring (bicyclic) bond motifs is 1. The zero-order valence-corrected chi connectivity index (χ0v) is 16.9. The minimum atomic E-state index is -1.14. The Kier molecular flexibility index (Phi) is 7.08. The molecule has 4 amide bonds. The number of nitrogens with one attached hydrogen (secondary N) is 1. The van der Waals surface area contributed by atoms with E-state index >= 15 is 0 Å². The number of nitrogens with zero attached hydrogens (tertiary/aromatic N) is 2. The molecule has 0 radical (unpaired) electrons. The topological polar surface area (TPSA) is 113 Å². The first-order valence-corrected chi connectivity index (χ1v) is 9.23. The van der Waals surface area contributed by atoms with Gasteiger partial charge in [0.2, 0.25) is 5.91 Å². The number of carbonyl (C=O) groups excluding carboxylic acids is 5. The van der Waals surface area contributed by atoms with Crippen molar-refractivity contribution in [3.8, 4) is 0 Å². The second-order valence-electron chi connectivity index (χ2n) is 7.34. The second kappa shape index (κ2) is 9.31. The van der Waals surface area contributed by atoms with Gasteiger partial charge >= 0.3 is 5.97 Å². The van der Waals surface area contributed by atoms with Crippen LogP contribution in [-0.2, 0) is 19.1 Å². The summed E-state index contributed by atoms with van der Waals surface area (Å²) in [5.74, 6) is -2.94. The average molecular weight is 403 g/mol. The zero-order chi connectivity index (χ0) is 21.7. The number of carbonyl (C=O) groups is 5. The summed E-state index contributed by atoms with van der Waals surface area (Å²) >= 11 is 0. The fraction of sp³-hybridized carbons (Fsp3) is 0.450. The highest BCUT2D eigenvalue weighted by atomic mass is 16.5.